The third-order valence-corrected chi connectivity index (χ3v) is 4.46. The smallest absolute Gasteiger partial charge is 0.323 e. The van der Waals surface area contributed by atoms with Crippen molar-refractivity contribution in [2.45, 2.75) is 39.5 Å². The first-order chi connectivity index (χ1) is 15.5. The van der Waals surface area contributed by atoms with Crippen LogP contribution >= 0.6 is 0 Å². The molecule has 0 aromatic heterocycles. The quantitative estimate of drug-likeness (QED) is 0.219. The summed E-state index contributed by atoms with van der Waals surface area (Å²) in [5, 5.41) is 17.8. The lowest BCUT2D eigenvalue weighted by atomic mass is 10.1. The van der Waals surface area contributed by atoms with Crippen molar-refractivity contribution in [2.24, 2.45) is 26.8 Å². The second kappa shape index (κ2) is 12.7. The molecule has 0 heterocycles. The molecule has 2 aromatic rings. The molecular formula is C23H32N8O. The van der Waals surface area contributed by atoms with E-state index in [2.05, 4.69) is 45.2 Å². The average Bonchev–Trinajstić information content (AvgIpc) is 2.77. The van der Waals surface area contributed by atoms with Gasteiger partial charge in [0.2, 0.25) is 5.96 Å². The summed E-state index contributed by atoms with van der Waals surface area (Å²) in [5.41, 5.74) is 18.6. The van der Waals surface area contributed by atoms with E-state index in [0.717, 1.165) is 48.2 Å². The topological polar surface area (TPSA) is 142 Å². The third kappa shape index (κ3) is 7.75. The molecule has 0 unspecified atom stereocenters. The standard InChI is InChI=1S/C23H32N8O/c1-4-6-20(29-26-3)16-8-12-18(13-9-16)27-23(32)28-19-14-10-17(11-15-19)21(7-5-2)30-31-22(24)25/h8-15,26H,4-7H2,1-3H3,(H4,24,25,31)(H2,27,28,32)/b29-20+,30-21-. The van der Waals surface area contributed by atoms with E-state index in [1.165, 1.54) is 0 Å². The maximum absolute atomic E-state index is 12.4. The maximum Gasteiger partial charge on any atom is 0.323 e. The van der Waals surface area contributed by atoms with E-state index in [1.54, 1.807) is 7.05 Å². The van der Waals surface area contributed by atoms with E-state index in [4.69, 9.17) is 11.5 Å². The predicted octanol–water partition coefficient (Wildman–Crippen LogP) is 3.83. The number of carbonyl (C=O) groups is 1. The van der Waals surface area contributed by atoms with Gasteiger partial charge < -0.3 is 27.5 Å². The van der Waals surface area contributed by atoms with Crippen molar-refractivity contribution >= 4 is 34.8 Å². The number of nitrogens with one attached hydrogen (secondary N) is 3. The fourth-order valence-corrected chi connectivity index (χ4v) is 3.03. The molecule has 0 saturated heterocycles. The van der Waals surface area contributed by atoms with Crippen LogP contribution in [0.3, 0.4) is 0 Å². The first kappa shape index (κ1) is 24.4. The summed E-state index contributed by atoms with van der Waals surface area (Å²) in [6.07, 6.45) is 3.52. The Labute approximate surface area is 189 Å². The molecule has 0 aliphatic heterocycles. The number of urea groups is 1. The Morgan fingerprint density at radius 2 is 1.25 bits per heavy atom. The summed E-state index contributed by atoms with van der Waals surface area (Å²) in [4.78, 5) is 12.4. The Kier molecular flexibility index (Phi) is 9.70. The van der Waals surface area contributed by atoms with Gasteiger partial charge in [-0.1, -0.05) is 51.0 Å². The summed E-state index contributed by atoms with van der Waals surface area (Å²) < 4.78 is 0. The monoisotopic (exact) mass is 436 g/mol. The zero-order chi connectivity index (χ0) is 23.3. The lowest BCUT2D eigenvalue weighted by Crippen LogP contribution is -2.22. The van der Waals surface area contributed by atoms with Gasteiger partial charge in [-0.05, 0) is 48.2 Å². The minimum atomic E-state index is -0.328. The minimum absolute atomic E-state index is 0.0857. The molecule has 0 aliphatic carbocycles. The highest BCUT2D eigenvalue weighted by atomic mass is 16.2. The number of nitrogens with zero attached hydrogens (tertiary/aromatic N) is 3. The number of anilines is 2. The molecule has 0 radical (unpaired) electrons. The average molecular weight is 437 g/mol. The van der Waals surface area contributed by atoms with Gasteiger partial charge in [0, 0.05) is 18.4 Å². The zero-order valence-electron chi connectivity index (χ0n) is 18.9. The van der Waals surface area contributed by atoms with Crippen LogP contribution in [0.1, 0.15) is 50.7 Å². The molecule has 0 aliphatic rings. The van der Waals surface area contributed by atoms with E-state index < -0.39 is 0 Å². The van der Waals surface area contributed by atoms with Crippen LogP contribution in [0.2, 0.25) is 0 Å². The van der Waals surface area contributed by atoms with Crippen molar-refractivity contribution in [3.8, 4) is 0 Å². The number of nitrogens with two attached hydrogens (primary N) is 2. The van der Waals surface area contributed by atoms with Crippen molar-refractivity contribution in [3.63, 3.8) is 0 Å². The number of guanidine groups is 1. The van der Waals surface area contributed by atoms with Crippen LogP contribution in [0, 0.1) is 0 Å². The van der Waals surface area contributed by atoms with Gasteiger partial charge in [0.05, 0.1) is 11.4 Å². The Morgan fingerprint density at radius 3 is 1.69 bits per heavy atom. The van der Waals surface area contributed by atoms with Crippen molar-refractivity contribution < 1.29 is 4.79 Å². The summed E-state index contributed by atoms with van der Waals surface area (Å²) in [5.74, 6) is -0.0857. The number of amides is 2. The molecule has 9 nitrogen and oxygen atoms in total. The summed E-state index contributed by atoms with van der Waals surface area (Å²) in [6, 6.07) is 14.6. The first-order valence-electron chi connectivity index (χ1n) is 10.6. The van der Waals surface area contributed by atoms with Crippen LogP contribution < -0.4 is 27.5 Å². The van der Waals surface area contributed by atoms with Gasteiger partial charge in [-0.2, -0.15) is 10.2 Å². The van der Waals surface area contributed by atoms with Crippen LogP contribution in [0.15, 0.2) is 63.8 Å². The van der Waals surface area contributed by atoms with Crippen LogP contribution in [-0.2, 0) is 0 Å². The largest absolute Gasteiger partial charge is 0.369 e. The highest BCUT2D eigenvalue weighted by molar-refractivity contribution is 6.03. The molecule has 2 rings (SSSR count). The fraction of sp³-hybridized carbons (Fsp3) is 0.304. The lowest BCUT2D eigenvalue weighted by molar-refractivity contribution is 0.262. The molecule has 170 valence electrons. The number of hydrazone groups is 1. The van der Waals surface area contributed by atoms with E-state index in [9.17, 15) is 4.79 Å². The van der Waals surface area contributed by atoms with Gasteiger partial charge in [-0.3, -0.25) is 0 Å². The minimum Gasteiger partial charge on any atom is -0.369 e. The molecule has 0 saturated carbocycles. The Balaban J connectivity index is 2.01. The van der Waals surface area contributed by atoms with Gasteiger partial charge in [0.25, 0.3) is 0 Å². The molecular weight excluding hydrogens is 404 g/mol. The maximum atomic E-state index is 12.4. The van der Waals surface area contributed by atoms with Gasteiger partial charge in [-0.15, -0.1) is 5.10 Å². The summed E-state index contributed by atoms with van der Waals surface area (Å²) in [7, 11) is 1.78. The number of hydrogen-bond donors (Lipinski definition) is 5. The Hall–Kier alpha value is -3.88. The highest BCUT2D eigenvalue weighted by Crippen LogP contribution is 2.15. The molecule has 0 atom stereocenters. The van der Waals surface area contributed by atoms with E-state index in [1.807, 2.05) is 48.5 Å². The number of benzene rings is 2. The van der Waals surface area contributed by atoms with E-state index in [0.29, 0.717) is 11.4 Å². The molecule has 7 N–H and O–H groups in total. The zero-order valence-corrected chi connectivity index (χ0v) is 18.9. The number of carbonyl (C=O) groups excluding carboxylic acids is 1. The fourth-order valence-electron chi connectivity index (χ4n) is 3.03. The molecule has 0 fully saturated rings. The normalized spacial score (nSPS) is 11.6. The second-order valence-corrected chi connectivity index (χ2v) is 7.09. The second-order valence-electron chi connectivity index (χ2n) is 7.09. The summed E-state index contributed by atoms with van der Waals surface area (Å²) in [6.45, 7) is 4.16. The lowest BCUT2D eigenvalue weighted by Gasteiger charge is -2.10. The van der Waals surface area contributed by atoms with E-state index >= 15 is 0 Å². The van der Waals surface area contributed by atoms with Crippen LogP contribution in [0.5, 0.6) is 0 Å². The summed E-state index contributed by atoms with van der Waals surface area (Å²) >= 11 is 0. The third-order valence-electron chi connectivity index (χ3n) is 4.46. The van der Waals surface area contributed by atoms with Crippen molar-refractivity contribution in [2.75, 3.05) is 17.7 Å². The molecule has 0 spiro atoms. The van der Waals surface area contributed by atoms with Crippen molar-refractivity contribution in [1.82, 2.24) is 5.43 Å². The number of hydrogen-bond acceptors (Lipinski definition) is 5. The van der Waals surface area contributed by atoms with Gasteiger partial charge in [0.15, 0.2) is 0 Å². The van der Waals surface area contributed by atoms with Gasteiger partial charge in [-0.25, -0.2) is 4.79 Å². The van der Waals surface area contributed by atoms with Gasteiger partial charge in [0.1, 0.15) is 0 Å². The van der Waals surface area contributed by atoms with Crippen LogP contribution in [0.25, 0.3) is 0 Å². The Morgan fingerprint density at radius 1 is 0.781 bits per heavy atom. The molecule has 0 bridgehead atoms. The van der Waals surface area contributed by atoms with E-state index in [-0.39, 0.29) is 12.0 Å². The molecule has 32 heavy (non-hydrogen) atoms. The SMILES string of the molecule is CCC/C(=N/N=C(N)N)c1ccc(NC(=O)Nc2ccc(/C(CCC)=N/NC)cc2)cc1. The predicted molar refractivity (Wildman–Crippen MR) is 133 cm³/mol. The number of rotatable bonds is 10. The van der Waals surface area contributed by atoms with Gasteiger partial charge >= 0.3 is 6.03 Å². The highest BCUT2D eigenvalue weighted by Gasteiger charge is 2.07. The molecule has 9 heteroatoms. The Bertz CT molecular complexity index is 958. The molecule has 2 aromatic carbocycles. The van der Waals surface area contributed by atoms with Crippen molar-refractivity contribution in [3.05, 3.63) is 59.7 Å². The first-order valence-corrected chi connectivity index (χ1v) is 10.6. The van der Waals surface area contributed by atoms with Crippen molar-refractivity contribution in [1.29, 1.82) is 0 Å². The van der Waals surface area contributed by atoms with Crippen LogP contribution in [0.4, 0.5) is 16.2 Å². The molecule has 2 amide bonds. The van der Waals surface area contributed by atoms with Crippen LogP contribution in [-0.4, -0.2) is 30.5 Å².